The molecular weight excluding hydrogens is 538 g/mol. The highest BCUT2D eigenvalue weighted by atomic mass is 35.5. The first kappa shape index (κ1) is 27.9. The lowest BCUT2D eigenvalue weighted by Gasteiger charge is -2.31. The second kappa shape index (κ2) is 12.7. The van der Waals surface area contributed by atoms with Crippen molar-refractivity contribution < 1.29 is 23.1 Å². The largest absolute Gasteiger partial charge is 0.379 e. The lowest BCUT2D eigenvalue weighted by atomic mass is 9.98. The van der Waals surface area contributed by atoms with Gasteiger partial charge in [0.1, 0.15) is 18.2 Å². The number of hydrogen-bond acceptors (Lipinski definition) is 5. The van der Waals surface area contributed by atoms with Gasteiger partial charge in [-0.3, -0.25) is 14.5 Å². The third kappa shape index (κ3) is 6.55. The van der Waals surface area contributed by atoms with E-state index in [0.717, 1.165) is 24.7 Å². The molecule has 208 valence electrons. The first-order chi connectivity index (χ1) is 19.4. The summed E-state index contributed by atoms with van der Waals surface area (Å²) in [7, 11) is 0. The molecule has 2 heterocycles. The van der Waals surface area contributed by atoms with E-state index in [2.05, 4.69) is 10.0 Å². The van der Waals surface area contributed by atoms with E-state index >= 15 is 0 Å². The highest BCUT2D eigenvalue weighted by molar-refractivity contribution is 6.30. The van der Waals surface area contributed by atoms with Crippen molar-refractivity contribution in [1.29, 1.82) is 0 Å². The Kier molecular flexibility index (Phi) is 8.84. The van der Waals surface area contributed by atoms with Gasteiger partial charge >= 0.3 is 0 Å². The van der Waals surface area contributed by atoms with E-state index in [-0.39, 0.29) is 18.7 Å². The van der Waals surface area contributed by atoms with Gasteiger partial charge in [0.2, 0.25) is 0 Å². The molecule has 0 aliphatic carbocycles. The summed E-state index contributed by atoms with van der Waals surface area (Å²) in [4.78, 5) is 30.9. The average molecular weight is 567 g/mol. The predicted octanol–water partition coefficient (Wildman–Crippen LogP) is 4.77. The minimum atomic E-state index is -0.535. The maximum atomic E-state index is 14.7. The highest BCUT2D eigenvalue weighted by Gasteiger charge is 2.35. The number of carbonyl (C=O) groups is 2. The Balaban J connectivity index is 1.42. The Labute approximate surface area is 236 Å². The second-order valence-corrected chi connectivity index (χ2v) is 10.2. The summed E-state index contributed by atoms with van der Waals surface area (Å²) in [5, 5.41) is 6.42. The minimum absolute atomic E-state index is 0.154. The van der Waals surface area contributed by atoms with Crippen LogP contribution in [0.5, 0.6) is 0 Å². The summed E-state index contributed by atoms with van der Waals surface area (Å²) in [5.41, 5.74) is 1.68. The predicted molar refractivity (Wildman–Crippen MR) is 148 cm³/mol. The number of nitrogens with zero attached hydrogens (tertiary/aromatic N) is 4. The molecule has 5 rings (SSSR count). The molecule has 1 fully saturated rings. The first-order valence-corrected chi connectivity index (χ1v) is 13.5. The van der Waals surface area contributed by atoms with Crippen molar-refractivity contribution in [3.63, 3.8) is 0 Å². The molecule has 1 atom stereocenters. The Hall–Kier alpha value is -3.66. The van der Waals surface area contributed by atoms with E-state index in [0.29, 0.717) is 42.5 Å². The highest BCUT2D eigenvalue weighted by Crippen LogP contribution is 2.34. The molecule has 2 amide bonds. The van der Waals surface area contributed by atoms with E-state index < -0.39 is 29.5 Å². The minimum Gasteiger partial charge on any atom is -0.379 e. The molecular formula is C30H29ClF2N4O3. The van der Waals surface area contributed by atoms with Crippen molar-refractivity contribution in [2.24, 2.45) is 5.10 Å². The summed E-state index contributed by atoms with van der Waals surface area (Å²) < 4.78 is 34.0. The zero-order valence-electron chi connectivity index (χ0n) is 21.8. The number of amides is 2. The summed E-state index contributed by atoms with van der Waals surface area (Å²) in [5.74, 6) is -1.86. The van der Waals surface area contributed by atoms with Gasteiger partial charge < -0.3 is 9.64 Å². The van der Waals surface area contributed by atoms with Gasteiger partial charge in [0.05, 0.1) is 25.0 Å². The Morgan fingerprint density at radius 1 is 1.00 bits per heavy atom. The quantitative estimate of drug-likeness (QED) is 0.394. The maximum Gasteiger partial charge on any atom is 0.262 e. The molecule has 3 aromatic carbocycles. The zero-order chi connectivity index (χ0) is 28.1. The number of ether oxygens (including phenoxy) is 1. The number of halogens is 3. The van der Waals surface area contributed by atoms with Crippen molar-refractivity contribution in [2.75, 3.05) is 45.9 Å². The van der Waals surface area contributed by atoms with E-state index in [1.807, 2.05) is 0 Å². The van der Waals surface area contributed by atoms with Crippen LogP contribution in [0.25, 0.3) is 0 Å². The molecule has 0 saturated carbocycles. The van der Waals surface area contributed by atoms with E-state index in [1.54, 1.807) is 42.5 Å². The normalized spacial score (nSPS) is 17.5. The standard InChI is InChI=1S/C30H29ClF2N4O3/c31-23-10-8-21(9-11-23)28-19-27(25-6-1-2-7-26(25)33)34-37(28)29(38)20-36(13-12-35-14-16-40-17-15-35)30(39)22-4-3-5-24(32)18-22/h1-11,18,28H,12-17,19-20H2/t28-/m1/s1. The molecule has 40 heavy (non-hydrogen) atoms. The molecule has 0 spiro atoms. The van der Waals surface area contributed by atoms with Crippen molar-refractivity contribution in [3.8, 4) is 0 Å². The van der Waals surface area contributed by atoms with Crippen LogP contribution in [-0.4, -0.2) is 78.3 Å². The van der Waals surface area contributed by atoms with Crippen LogP contribution < -0.4 is 0 Å². The second-order valence-electron chi connectivity index (χ2n) is 9.73. The fourth-order valence-corrected chi connectivity index (χ4v) is 5.05. The molecule has 2 aliphatic heterocycles. The molecule has 2 aliphatic rings. The molecule has 0 radical (unpaired) electrons. The van der Waals surface area contributed by atoms with Crippen LogP contribution in [-0.2, 0) is 9.53 Å². The Morgan fingerprint density at radius 2 is 1.75 bits per heavy atom. The summed E-state index contributed by atoms with van der Waals surface area (Å²) >= 11 is 6.09. The average Bonchev–Trinajstić information content (AvgIpc) is 3.41. The summed E-state index contributed by atoms with van der Waals surface area (Å²) in [6.45, 7) is 3.14. The Bertz CT molecular complexity index is 1400. The van der Waals surface area contributed by atoms with Crippen molar-refractivity contribution in [3.05, 3.63) is 106 Å². The van der Waals surface area contributed by atoms with Gasteiger partial charge in [0, 0.05) is 48.7 Å². The van der Waals surface area contributed by atoms with Crippen LogP contribution in [0.15, 0.2) is 77.9 Å². The zero-order valence-corrected chi connectivity index (χ0v) is 22.6. The smallest absolute Gasteiger partial charge is 0.262 e. The van der Waals surface area contributed by atoms with Gasteiger partial charge in [0.25, 0.3) is 11.8 Å². The molecule has 1 saturated heterocycles. The van der Waals surface area contributed by atoms with Gasteiger partial charge in [-0.05, 0) is 42.0 Å². The van der Waals surface area contributed by atoms with Crippen LogP contribution in [0.2, 0.25) is 5.02 Å². The molecule has 10 heteroatoms. The maximum absolute atomic E-state index is 14.7. The summed E-state index contributed by atoms with van der Waals surface area (Å²) in [6, 6.07) is 18.3. The van der Waals surface area contributed by atoms with Crippen LogP contribution in [0, 0.1) is 11.6 Å². The third-order valence-electron chi connectivity index (χ3n) is 7.08. The van der Waals surface area contributed by atoms with Gasteiger partial charge in [-0.1, -0.05) is 48.0 Å². The SMILES string of the molecule is O=C(c1cccc(F)c1)N(CCN1CCOCC1)CC(=O)N1N=C(c2ccccc2F)C[C@@H]1c1ccc(Cl)cc1. The van der Waals surface area contributed by atoms with E-state index in [4.69, 9.17) is 16.3 Å². The van der Waals surface area contributed by atoms with Crippen molar-refractivity contribution in [1.82, 2.24) is 14.8 Å². The molecule has 7 nitrogen and oxygen atoms in total. The molecule has 3 aromatic rings. The van der Waals surface area contributed by atoms with Gasteiger partial charge in [-0.2, -0.15) is 5.10 Å². The van der Waals surface area contributed by atoms with Crippen molar-refractivity contribution in [2.45, 2.75) is 12.5 Å². The van der Waals surface area contributed by atoms with Crippen LogP contribution in [0.3, 0.4) is 0 Å². The van der Waals surface area contributed by atoms with Crippen LogP contribution in [0.4, 0.5) is 8.78 Å². The fraction of sp³-hybridized carbons (Fsp3) is 0.300. The first-order valence-electron chi connectivity index (χ1n) is 13.1. The molecule has 0 bridgehead atoms. The van der Waals surface area contributed by atoms with E-state index in [1.165, 1.54) is 34.2 Å². The molecule has 0 aromatic heterocycles. The van der Waals surface area contributed by atoms with Gasteiger partial charge in [-0.25, -0.2) is 13.8 Å². The van der Waals surface area contributed by atoms with E-state index in [9.17, 15) is 18.4 Å². The number of morpholine rings is 1. The van der Waals surface area contributed by atoms with Crippen LogP contribution >= 0.6 is 11.6 Å². The third-order valence-corrected chi connectivity index (χ3v) is 7.33. The molecule has 0 unspecified atom stereocenters. The lowest BCUT2D eigenvalue weighted by molar-refractivity contribution is -0.133. The Morgan fingerprint density at radius 3 is 2.48 bits per heavy atom. The number of hydrazone groups is 1. The van der Waals surface area contributed by atoms with Gasteiger partial charge in [0.15, 0.2) is 0 Å². The number of carbonyl (C=O) groups excluding carboxylic acids is 2. The number of hydrogen-bond donors (Lipinski definition) is 0. The molecule has 0 N–H and O–H groups in total. The van der Waals surface area contributed by atoms with Gasteiger partial charge in [-0.15, -0.1) is 0 Å². The van der Waals surface area contributed by atoms with Crippen LogP contribution in [0.1, 0.15) is 33.9 Å². The van der Waals surface area contributed by atoms with Crippen molar-refractivity contribution >= 4 is 29.1 Å². The number of rotatable bonds is 8. The lowest BCUT2D eigenvalue weighted by Crippen LogP contribution is -2.46. The summed E-state index contributed by atoms with van der Waals surface area (Å²) in [6.07, 6.45) is 0.292. The topological polar surface area (TPSA) is 65.5 Å². The monoisotopic (exact) mass is 566 g/mol. The fourth-order valence-electron chi connectivity index (χ4n) is 4.92. The number of benzene rings is 3.